The summed E-state index contributed by atoms with van der Waals surface area (Å²) in [6.45, 7) is 7.45. The molecule has 0 aliphatic carbocycles. The molecule has 6 heteroatoms. The van der Waals surface area contributed by atoms with Crippen LogP contribution < -0.4 is 16.1 Å². The van der Waals surface area contributed by atoms with E-state index in [1.165, 1.54) is 5.56 Å². The van der Waals surface area contributed by atoms with Crippen molar-refractivity contribution < 1.29 is 9.53 Å². The molecular formula is C21H26N4O2. The van der Waals surface area contributed by atoms with Gasteiger partial charge in [-0.1, -0.05) is 45.0 Å². The molecule has 0 aliphatic heterocycles. The third kappa shape index (κ3) is 4.05. The summed E-state index contributed by atoms with van der Waals surface area (Å²) in [5.41, 5.74) is 8.64. The number of ether oxygens (including phenoxy) is 1. The molecule has 142 valence electrons. The predicted octanol–water partition coefficient (Wildman–Crippen LogP) is 2.78. The highest BCUT2D eigenvalue weighted by atomic mass is 16.5. The number of nitrogens with two attached hydrogens (primary N) is 1. The number of hydrogen-bond donors (Lipinski definition) is 2. The normalized spacial score (nSPS) is 11.7. The lowest BCUT2D eigenvalue weighted by atomic mass is 9.87. The summed E-state index contributed by atoms with van der Waals surface area (Å²) in [4.78, 5) is 11.4. The first-order chi connectivity index (χ1) is 12.8. The van der Waals surface area contributed by atoms with Gasteiger partial charge in [0.25, 0.3) is 0 Å². The van der Waals surface area contributed by atoms with E-state index in [2.05, 4.69) is 32.9 Å². The number of aromatic nitrogens is 2. The standard InChI is InChI=1S/C21H26N4O2/c1-21(2,3)15-8-10-16(11-9-15)27-13-12-24-17-6-4-5-7-18(17)25(20(24)23)14-19(22)26/h4-11,23H,12-14H2,1-3H3,(H2,22,26). The number of amides is 1. The molecule has 0 spiro atoms. The molecule has 0 aliphatic rings. The molecular weight excluding hydrogens is 340 g/mol. The van der Waals surface area contributed by atoms with Gasteiger partial charge in [0.15, 0.2) is 0 Å². The van der Waals surface area contributed by atoms with Gasteiger partial charge in [-0.3, -0.25) is 10.2 Å². The van der Waals surface area contributed by atoms with Gasteiger partial charge in [-0.05, 0) is 35.2 Å². The van der Waals surface area contributed by atoms with E-state index in [9.17, 15) is 4.79 Å². The number of rotatable bonds is 6. The molecule has 2 aromatic carbocycles. The van der Waals surface area contributed by atoms with Crippen LogP contribution in [0.4, 0.5) is 0 Å². The van der Waals surface area contributed by atoms with Crippen LogP contribution in [0.25, 0.3) is 11.0 Å². The maximum absolute atomic E-state index is 11.4. The molecule has 6 nitrogen and oxygen atoms in total. The Balaban J connectivity index is 1.77. The number of primary amides is 1. The largest absolute Gasteiger partial charge is 0.492 e. The van der Waals surface area contributed by atoms with Crippen molar-refractivity contribution in [1.29, 1.82) is 5.41 Å². The number of carbonyl (C=O) groups is 1. The monoisotopic (exact) mass is 366 g/mol. The number of fused-ring (bicyclic) bond motifs is 1. The van der Waals surface area contributed by atoms with Gasteiger partial charge in [-0.15, -0.1) is 0 Å². The molecule has 0 atom stereocenters. The van der Waals surface area contributed by atoms with Gasteiger partial charge >= 0.3 is 0 Å². The molecule has 0 fully saturated rings. The average Bonchev–Trinajstić information content (AvgIpc) is 2.87. The predicted molar refractivity (Wildman–Crippen MR) is 106 cm³/mol. The minimum atomic E-state index is -0.466. The number of hydrogen-bond acceptors (Lipinski definition) is 3. The lowest BCUT2D eigenvalue weighted by Gasteiger charge is -2.19. The topological polar surface area (TPSA) is 86.0 Å². The van der Waals surface area contributed by atoms with Crippen molar-refractivity contribution in [2.45, 2.75) is 39.3 Å². The fourth-order valence-corrected chi connectivity index (χ4v) is 3.14. The lowest BCUT2D eigenvalue weighted by molar-refractivity contribution is -0.118. The number of imidazole rings is 1. The van der Waals surface area contributed by atoms with Crippen molar-refractivity contribution in [1.82, 2.24) is 9.13 Å². The molecule has 3 N–H and O–H groups in total. The van der Waals surface area contributed by atoms with Crippen molar-refractivity contribution in [3.05, 3.63) is 59.7 Å². The first-order valence-electron chi connectivity index (χ1n) is 9.01. The molecule has 0 saturated carbocycles. The quantitative estimate of drug-likeness (QED) is 0.703. The zero-order valence-corrected chi connectivity index (χ0v) is 16.0. The third-order valence-electron chi connectivity index (χ3n) is 4.59. The summed E-state index contributed by atoms with van der Waals surface area (Å²) in [6.07, 6.45) is 0. The van der Waals surface area contributed by atoms with Gasteiger partial charge in [0.1, 0.15) is 18.9 Å². The minimum Gasteiger partial charge on any atom is -0.492 e. The van der Waals surface area contributed by atoms with E-state index in [-0.39, 0.29) is 17.6 Å². The Labute approximate surface area is 158 Å². The molecule has 0 saturated heterocycles. The summed E-state index contributed by atoms with van der Waals surface area (Å²) in [5, 5.41) is 8.41. The second-order valence-electron chi connectivity index (χ2n) is 7.64. The number of para-hydroxylation sites is 2. The second kappa shape index (κ2) is 7.31. The fourth-order valence-electron chi connectivity index (χ4n) is 3.14. The average molecular weight is 366 g/mol. The van der Waals surface area contributed by atoms with E-state index >= 15 is 0 Å². The highest BCUT2D eigenvalue weighted by molar-refractivity contribution is 5.79. The van der Waals surface area contributed by atoms with Crippen molar-refractivity contribution in [2.24, 2.45) is 5.73 Å². The van der Waals surface area contributed by atoms with Crippen LogP contribution in [0, 0.1) is 5.41 Å². The Morgan fingerprint density at radius 1 is 1.04 bits per heavy atom. The molecule has 27 heavy (non-hydrogen) atoms. The van der Waals surface area contributed by atoms with Crippen LogP contribution in [-0.4, -0.2) is 21.6 Å². The molecule has 3 rings (SSSR count). The number of nitrogens with one attached hydrogen (secondary N) is 1. The molecule has 0 radical (unpaired) electrons. The molecule has 0 unspecified atom stereocenters. The highest BCUT2D eigenvalue weighted by Gasteiger charge is 2.14. The zero-order valence-electron chi connectivity index (χ0n) is 16.0. The number of benzene rings is 2. The second-order valence-corrected chi connectivity index (χ2v) is 7.64. The van der Waals surface area contributed by atoms with E-state index < -0.39 is 5.91 Å². The fraction of sp³-hybridized carbons (Fsp3) is 0.333. The summed E-state index contributed by atoms with van der Waals surface area (Å²) >= 11 is 0. The van der Waals surface area contributed by atoms with E-state index in [0.29, 0.717) is 13.2 Å². The van der Waals surface area contributed by atoms with Gasteiger partial charge in [-0.25, -0.2) is 0 Å². The Bertz CT molecular complexity index is 1010. The maximum atomic E-state index is 11.4. The number of nitrogens with zero attached hydrogens (tertiary/aromatic N) is 2. The van der Waals surface area contributed by atoms with Crippen LogP contribution in [0.2, 0.25) is 0 Å². The Hall–Kier alpha value is -3.02. The van der Waals surface area contributed by atoms with Crippen molar-refractivity contribution in [3.8, 4) is 5.75 Å². The van der Waals surface area contributed by atoms with Gasteiger partial charge in [0.05, 0.1) is 17.6 Å². The van der Waals surface area contributed by atoms with Gasteiger partial charge in [-0.2, -0.15) is 0 Å². The molecule has 1 amide bonds. The Kier molecular flexibility index (Phi) is 5.08. The molecule has 0 bridgehead atoms. The minimum absolute atomic E-state index is 0.0124. The summed E-state index contributed by atoms with van der Waals surface area (Å²) < 4.78 is 9.32. The smallest absolute Gasteiger partial charge is 0.237 e. The molecule has 3 aromatic rings. The number of carbonyl (C=O) groups excluding carboxylic acids is 1. The van der Waals surface area contributed by atoms with Gasteiger partial charge in [0, 0.05) is 0 Å². The van der Waals surface area contributed by atoms with E-state index in [0.717, 1.165) is 16.8 Å². The van der Waals surface area contributed by atoms with Crippen LogP contribution in [0.15, 0.2) is 48.5 Å². The first-order valence-corrected chi connectivity index (χ1v) is 9.01. The van der Waals surface area contributed by atoms with Crippen molar-refractivity contribution in [3.63, 3.8) is 0 Å². The SMILES string of the molecule is CC(C)(C)c1ccc(OCCn2c(=N)n(CC(N)=O)c3ccccc32)cc1. The summed E-state index contributed by atoms with van der Waals surface area (Å²) in [6, 6.07) is 15.7. The van der Waals surface area contributed by atoms with Crippen LogP contribution in [0.5, 0.6) is 5.75 Å². The summed E-state index contributed by atoms with van der Waals surface area (Å²) in [7, 11) is 0. The Morgan fingerprint density at radius 2 is 1.63 bits per heavy atom. The van der Waals surface area contributed by atoms with E-state index in [4.69, 9.17) is 15.9 Å². The van der Waals surface area contributed by atoms with Crippen LogP contribution >= 0.6 is 0 Å². The van der Waals surface area contributed by atoms with Gasteiger partial charge < -0.3 is 19.6 Å². The van der Waals surface area contributed by atoms with Crippen LogP contribution in [0.3, 0.4) is 0 Å². The maximum Gasteiger partial charge on any atom is 0.237 e. The first kappa shape index (κ1) is 18.8. The van der Waals surface area contributed by atoms with Crippen LogP contribution in [-0.2, 0) is 23.3 Å². The van der Waals surface area contributed by atoms with Crippen molar-refractivity contribution >= 4 is 16.9 Å². The summed E-state index contributed by atoms with van der Waals surface area (Å²) in [5.74, 6) is 0.336. The van der Waals surface area contributed by atoms with E-state index in [1.807, 2.05) is 41.0 Å². The lowest BCUT2D eigenvalue weighted by Crippen LogP contribution is -2.30. The zero-order chi connectivity index (χ0) is 19.6. The van der Waals surface area contributed by atoms with Gasteiger partial charge in [0.2, 0.25) is 11.5 Å². The third-order valence-corrected chi connectivity index (χ3v) is 4.59. The molecule has 1 aromatic heterocycles. The highest BCUT2D eigenvalue weighted by Crippen LogP contribution is 2.24. The van der Waals surface area contributed by atoms with E-state index in [1.54, 1.807) is 4.57 Å². The molecule has 1 heterocycles. The van der Waals surface area contributed by atoms with Crippen molar-refractivity contribution in [2.75, 3.05) is 6.61 Å². The Morgan fingerprint density at radius 3 is 2.19 bits per heavy atom. The van der Waals surface area contributed by atoms with Crippen LogP contribution in [0.1, 0.15) is 26.3 Å².